The van der Waals surface area contributed by atoms with Crippen LogP contribution in [0.1, 0.15) is 22.6 Å². The van der Waals surface area contributed by atoms with Crippen LogP contribution in [-0.2, 0) is 24.7 Å². The molecule has 0 radical (unpaired) electrons. The molecule has 0 bridgehead atoms. The maximum atomic E-state index is 14.6. The van der Waals surface area contributed by atoms with Crippen LogP contribution in [-0.4, -0.2) is 30.4 Å². The number of pyridine rings is 1. The molecule has 0 fully saturated rings. The zero-order chi connectivity index (χ0) is 21.8. The quantitative estimate of drug-likeness (QED) is 0.520. The highest BCUT2D eigenvalue weighted by atomic mass is 19.1. The SMILES string of the molecule is Cc1cncc(NC(=O)Cc2ccc(-c3cnc(Cc4cn(C)cn4)nc3)cc2F)c1. The van der Waals surface area contributed by atoms with Crippen LogP contribution in [0.25, 0.3) is 11.1 Å². The van der Waals surface area contributed by atoms with E-state index in [2.05, 4.69) is 25.3 Å². The fourth-order valence-electron chi connectivity index (χ4n) is 3.19. The molecule has 1 N–H and O–H groups in total. The number of aryl methyl sites for hydroxylation is 2. The molecular weight excluding hydrogens is 395 g/mol. The van der Waals surface area contributed by atoms with Gasteiger partial charge in [-0.25, -0.2) is 19.3 Å². The lowest BCUT2D eigenvalue weighted by atomic mass is 10.0. The van der Waals surface area contributed by atoms with E-state index in [0.29, 0.717) is 34.6 Å². The largest absolute Gasteiger partial charge is 0.340 e. The van der Waals surface area contributed by atoms with Crippen molar-refractivity contribution in [1.82, 2.24) is 24.5 Å². The van der Waals surface area contributed by atoms with Crippen molar-refractivity contribution < 1.29 is 9.18 Å². The van der Waals surface area contributed by atoms with Crippen LogP contribution >= 0.6 is 0 Å². The summed E-state index contributed by atoms with van der Waals surface area (Å²) in [5, 5.41) is 2.74. The van der Waals surface area contributed by atoms with E-state index >= 15 is 0 Å². The van der Waals surface area contributed by atoms with Crippen LogP contribution in [0.3, 0.4) is 0 Å². The van der Waals surface area contributed by atoms with Gasteiger partial charge >= 0.3 is 0 Å². The zero-order valence-corrected chi connectivity index (χ0v) is 17.2. The number of imidazole rings is 1. The van der Waals surface area contributed by atoms with E-state index in [0.717, 1.165) is 11.3 Å². The molecular formula is C23H21FN6O. The molecule has 7 nitrogen and oxygen atoms in total. The van der Waals surface area contributed by atoms with Gasteiger partial charge in [0, 0.05) is 37.4 Å². The second kappa shape index (κ2) is 8.83. The lowest BCUT2D eigenvalue weighted by Crippen LogP contribution is -2.15. The number of aromatic nitrogens is 5. The molecule has 1 amide bonds. The summed E-state index contributed by atoms with van der Waals surface area (Å²) in [5.74, 6) is -0.115. The van der Waals surface area contributed by atoms with Gasteiger partial charge in [0.25, 0.3) is 0 Å². The number of carbonyl (C=O) groups is 1. The van der Waals surface area contributed by atoms with Crippen LogP contribution in [0.15, 0.2) is 61.6 Å². The van der Waals surface area contributed by atoms with Crippen LogP contribution in [0.4, 0.5) is 10.1 Å². The summed E-state index contributed by atoms with van der Waals surface area (Å²) in [4.78, 5) is 29.3. The fourth-order valence-corrected chi connectivity index (χ4v) is 3.19. The van der Waals surface area contributed by atoms with E-state index in [-0.39, 0.29) is 12.3 Å². The lowest BCUT2D eigenvalue weighted by molar-refractivity contribution is -0.115. The molecule has 0 unspecified atom stereocenters. The van der Waals surface area contributed by atoms with E-state index < -0.39 is 5.82 Å². The Bertz CT molecular complexity index is 1220. The minimum atomic E-state index is -0.451. The second-order valence-corrected chi connectivity index (χ2v) is 7.38. The summed E-state index contributed by atoms with van der Waals surface area (Å²) in [6.07, 6.45) is 10.7. The molecule has 0 aliphatic carbocycles. The third-order valence-electron chi connectivity index (χ3n) is 4.70. The molecule has 3 aromatic heterocycles. The number of hydrogen-bond acceptors (Lipinski definition) is 5. The van der Waals surface area contributed by atoms with Gasteiger partial charge in [0.05, 0.1) is 36.7 Å². The van der Waals surface area contributed by atoms with Gasteiger partial charge in [0.2, 0.25) is 5.91 Å². The van der Waals surface area contributed by atoms with E-state index in [4.69, 9.17) is 0 Å². The van der Waals surface area contributed by atoms with Gasteiger partial charge in [-0.3, -0.25) is 9.78 Å². The molecule has 0 atom stereocenters. The number of anilines is 1. The molecule has 0 aliphatic rings. The number of halogens is 1. The highest BCUT2D eigenvalue weighted by Crippen LogP contribution is 2.22. The second-order valence-electron chi connectivity index (χ2n) is 7.38. The highest BCUT2D eigenvalue weighted by Gasteiger charge is 2.11. The predicted octanol–water partition coefficient (Wildman–Crippen LogP) is 3.49. The first kappa shape index (κ1) is 20.3. The van der Waals surface area contributed by atoms with Crippen molar-refractivity contribution in [2.24, 2.45) is 7.05 Å². The van der Waals surface area contributed by atoms with Crippen molar-refractivity contribution in [3.63, 3.8) is 0 Å². The molecule has 8 heteroatoms. The average Bonchev–Trinajstić information content (AvgIpc) is 3.14. The monoisotopic (exact) mass is 416 g/mol. The minimum Gasteiger partial charge on any atom is -0.340 e. The fraction of sp³-hybridized carbons (Fsp3) is 0.174. The first-order chi connectivity index (χ1) is 15.0. The topological polar surface area (TPSA) is 85.6 Å². The van der Waals surface area contributed by atoms with Crippen LogP contribution in [0.5, 0.6) is 0 Å². The smallest absolute Gasteiger partial charge is 0.228 e. The van der Waals surface area contributed by atoms with Gasteiger partial charge in [-0.1, -0.05) is 12.1 Å². The molecule has 4 aromatic rings. The van der Waals surface area contributed by atoms with Crippen molar-refractivity contribution in [1.29, 1.82) is 0 Å². The highest BCUT2D eigenvalue weighted by molar-refractivity contribution is 5.92. The first-order valence-corrected chi connectivity index (χ1v) is 9.74. The Labute approximate surface area is 179 Å². The normalized spacial score (nSPS) is 10.8. The number of benzene rings is 1. The van der Waals surface area contributed by atoms with Crippen LogP contribution in [0.2, 0.25) is 0 Å². The van der Waals surface area contributed by atoms with Gasteiger partial charge in [-0.2, -0.15) is 0 Å². The molecule has 4 rings (SSSR count). The van der Waals surface area contributed by atoms with Gasteiger partial charge < -0.3 is 9.88 Å². The Kier molecular flexibility index (Phi) is 5.79. The Morgan fingerprint density at radius 1 is 1.06 bits per heavy atom. The van der Waals surface area contributed by atoms with E-state index in [1.54, 1.807) is 43.2 Å². The van der Waals surface area contributed by atoms with Crippen LogP contribution in [0, 0.1) is 12.7 Å². The minimum absolute atomic E-state index is 0.0699. The summed E-state index contributed by atoms with van der Waals surface area (Å²) in [6.45, 7) is 1.88. The number of hydrogen-bond donors (Lipinski definition) is 1. The Balaban J connectivity index is 1.42. The number of amides is 1. The van der Waals surface area contributed by atoms with Crippen molar-refractivity contribution >= 4 is 11.6 Å². The van der Waals surface area contributed by atoms with Gasteiger partial charge in [0.1, 0.15) is 11.6 Å². The maximum absolute atomic E-state index is 14.6. The maximum Gasteiger partial charge on any atom is 0.228 e. The molecule has 0 spiro atoms. The molecule has 3 heterocycles. The summed E-state index contributed by atoms with van der Waals surface area (Å²) in [6, 6.07) is 6.58. The van der Waals surface area contributed by atoms with Gasteiger partial charge in [-0.05, 0) is 35.7 Å². The molecule has 31 heavy (non-hydrogen) atoms. The molecule has 1 aromatic carbocycles. The number of rotatable bonds is 6. The van der Waals surface area contributed by atoms with E-state index in [9.17, 15) is 9.18 Å². The van der Waals surface area contributed by atoms with Gasteiger partial charge in [0.15, 0.2) is 0 Å². The van der Waals surface area contributed by atoms with E-state index in [1.807, 2.05) is 30.8 Å². The summed E-state index contributed by atoms with van der Waals surface area (Å²) >= 11 is 0. The average molecular weight is 416 g/mol. The number of nitrogens with one attached hydrogen (secondary N) is 1. The number of nitrogens with zero attached hydrogens (tertiary/aromatic N) is 5. The van der Waals surface area contributed by atoms with Crippen LogP contribution < -0.4 is 5.32 Å². The Hall–Kier alpha value is -3.94. The standard InChI is InChI=1S/C23H21FN6O/c1-15-5-19(12-25-9-15)29-23(31)7-17-4-3-16(6-21(17)24)18-10-26-22(27-11-18)8-20-13-30(2)14-28-20/h3-6,9-14H,7-8H2,1-2H3,(H,29,31). The van der Waals surface area contributed by atoms with Gasteiger partial charge in [-0.15, -0.1) is 0 Å². The van der Waals surface area contributed by atoms with E-state index in [1.165, 1.54) is 6.07 Å². The Morgan fingerprint density at radius 2 is 1.87 bits per heavy atom. The summed E-state index contributed by atoms with van der Waals surface area (Å²) in [5.41, 5.74) is 4.06. The summed E-state index contributed by atoms with van der Waals surface area (Å²) < 4.78 is 16.5. The number of carbonyl (C=O) groups excluding carboxylic acids is 1. The van der Waals surface area contributed by atoms with Crippen molar-refractivity contribution in [2.75, 3.05) is 5.32 Å². The molecule has 0 saturated heterocycles. The lowest BCUT2D eigenvalue weighted by Gasteiger charge is -2.08. The zero-order valence-electron chi connectivity index (χ0n) is 17.2. The van der Waals surface area contributed by atoms with Crippen molar-refractivity contribution in [2.45, 2.75) is 19.8 Å². The Morgan fingerprint density at radius 3 is 2.55 bits per heavy atom. The van der Waals surface area contributed by atoms with Crippen molar-refractivity contribution in [3.8, 4) is 11.1 Å². The van der Waals surface area contributed by atoms with Crippen molar-refractivity contribution in [3.05, 3.63) is 90.0 Å². The third kappa shape index (κ3) is 5.16. The third-order valence-corrected chi connectivity index (χ3v) is 4.70. The summed E-state index contributed by atoms with van der Waals surface area (Å²) in [7, 11) is 1.90. The predicted molar refractivity (Wildman–Crippen MR) is 115 cm³/mol. The first-order valence-electron chi connectivity index (χ1n) is 9.74. The molecule has 0 saturated carbocycles. The molecule has 0 aliphatic heterocycles. The molecule has 156 valence electrons.